The van der Waals surface area contributed by atoms with Crippen molar-refractivity contribution in [3.8, 4) is 11.4 Å². The standard InChI is InChI=1S/C23H18N6O2S/c30-32(31,28-18-6-2-1-3-7-18)19-11-9-17(10-12-19)26-23-24-14-13-20(27-23)21-16-25-22-8-4-5-15-29(21)22/h1-16,28H,(H,24,26,27). The maximum absolute atomic E-state index is 12.6. The Kier molecular flexibility index (Phi) is 5.00. The van der Waals surface area contributed by atoms with Gasteiger partial charge in [0.2, 0.25) is 5.95 Å². The fourth-order valence-electron chi connectivity index (χ4n) is 3.25. The van der Waals surface area contributed by atoms with E-state index >= 15 is 0 Å². The van der Waals surface area contributed by atoms with Crippen LogP contribution in [0.25, 0.3) is 17.0 Å². The fraction of sp³-hybridized carbons (Fsp3) is 0. The molecule has 2 N–H and O–H groups in total. The zero-order valence-electron chi connectivity index (χ0n) is 16.8. The summed E-state index contributed by atoms with van der Waals surface area (Å²) in [5.74, 6) is 0.395. The highest BCUT2D eigenvalue weighted by atomic mass is 32.2. The number of benzene rings is 2. The molecule has 5 rings (SSSR count). The lowest BCUT2D eigenvalue weighted by molar-refractivity contribution is 0.601. The van der Waals surface area contributed by atoms with E-state index in [-0.39, 0.29) is 4.90 Å². The summed E-state index contributed by atoms with van der Waals surface area (Å²) < 4.78 is 29.7. The molecule has 0 aliphatic rings. The van der Waals surface area contributed by atoms with Crippen molar-refractivity contribution in [3.63, 3.8) is 0 Å². The van der Waals surface area contributed by atoms with Crippen LogP contribution in [0.2, 0.25) is 0 Å². The van der Waals surface area contributed by atoms with E-state index in [4.69, 9.17) is 0 Å². The van der Waals surface area contributed by atoms with Gasteiger partial charge in [-0.05, 0) is 54.6 Å². The fourth-order valence-corrected chi connectivity index (χ4v) is 4.31. The lowest BCUT2D eigenvalue weighted by Crippen LogP contribution is -2.12. The Morgan fingerprint density at radius 2 is 1.56 bits per heavy atom. The number of anilines is 3. The molecule has 0 aliphatic heterocycles. The van der Waals surface area contributed by atoms with E-state index in [9.17, 15) is 8.42 Å². The van der Waals surface area contributed by atoms with E-state index in [1.165, 1.54) is 12.1 Å². The molecule has 0 saturated heterocycles. The SMILES string of the molecule is O=S(=O)(Nc1ccccc1)c1ccc(Nc2nccc(-c3cnc4ccccn34)n2)cc1. The van der Waals surface area contributed by atoms with Crippen LogP contribution in [-0.4, -0.2) is 27.8 Å². The average Bonchev–Trinajstić information content (AvgIpc) is 3.24. The lowest BCUT2D eigenvalue weighted by atomic mass is 10.3. The molecule has 158 valence electrons. The predicted octanol–water partition coefficient (Wildman–Crippen LogP) is 4.34. The van der Waals surface area contributed by atoms with Crippen LogP contribution in [0.15, 0.2) is 102 Å². The molecule has 2 aromatic carbocycles. The van der Waals surface area contributed by atoms with E-state index in [1.54, 1.807) is 48.8 Å². The minimum Gasteiger partial charge on any atom is -0.324 e. The van der Waals surface area contributed by atoms with E-state index in [0.717, 1.165) is 11.3 Å². The van der Waals surface area contributed by atoms with Crippen LogP contribution in [0, 0.1) is 0 Å². The minimum absolute atomic E-state index is 0.160. The molecular formula is C23H18N6O2S. The van der Waals surface area contributed by atoms with E-state index < -0.39 is 10.0 Å². The second kappa shape index (κ2) is 8.12. The molecule has 0 unspecified atom stereocenters. The van der Waals surface area contributed by atoms with Crippen LogP contribution < -0.4 is 10.0 Å². The van der Waals surface area contributed by atoms with Crippen LogP contribution >= 0.6 is 0 Å². The highest BCUT2D eigenvalue weighted by Gasteiger charge is 2.14. The van der Waals surface area contributed by atoms with Crippen LogP contribution in [0.5, 0.6) is 0 Å². The first-order valence-electron chi connectivity index (χ1n) is 9.79. The predicted molar refractivity (Wildman–Crippen MR) is 123 cm³/mol. The van der Waals surface area contributed by atoms with Gasteiger partial charge in [0.1, 0.15) is 5.65 Å². The molecule has 0 fully saturated rings. The lowest BCUT2D eigenvalue weighted by Gasteiger charge is -2.10. The van der Waals surface area contributed by atoms with Crippen molar-refractivity contribution in [1.82, 2.24) is 19.4 Å². The quantitative estimate of drug-likeness (QED) is 0.406. The van der Waals surface area contributed by atoms with Crippen LogP contribution in [0.4, 0.5) is 17.3 Å². The Balaban J connectivity index is 1.35. The number of sulfonamides is 1. The summed E-state index contributed by atoms with van der Waals surface area (Å²) in [5, 5.41) is 3.12. The molecule has 9 heteroatoms. The number of para-hydroxylation sites is 1. The van der Waals surface area contributed by atoms with Gasteiger partial charge in [0.25, 0.3) is 10.0 Å². The summed E-state index contributed by atoms with van der Waals surface area (Å²) in [6.07, 6.45) is 5.35. The summed E-state index contributed by atoms with van der Waals surface area (Å²) in [4.78, 5) is 13.4. The van der Waals surface area contributed by atoms with Gasteiger partial charge in [-0.2, -0.15) is 0 Å². The third-order valence-electron chi connectivity index (χ3n) is 4.78. The number of hydrogen-bond donors (Lipinski definition) is 2. The van der Waals surface area contributed by atoms with Gasteiger partial charge in [0.05, 0.1) is 22.5 Å². The number of nitrogens with zero attached hydrogens (tertiary/aromatic N) is 4. The molecule has 3 heterocycles. The number of rotatable bonds is 6. The van der Waals surface area contributed by atoms with Crippen LogP contribution in [-0.2, 0) is 10.0 Å². The summed E-state index contributed by atoms with van der Waals surface area (Å²) in [6, 6.07) is 22.8. The summed E-state index contributed by atoms with van der Waals surface area (Å²) in [5.41, 5.74) is 3.56. The Bertz CT molecular complexity index is 1480. The van der Waals surface area contributed by atoms with Crippen molar-refractivity contribution in [2.45, 2.75) is 4.90 Å². The highest BCUT2D eigenvalue weighted by Crippen LogP contribution is 2.22. The molecule has 32 heavy (non-hydrogen) atoms. The number of imidazole rings is 1. The van der Waals surface area contributed by atoms with Crippen LogP contribution in [0.3, 0.4) is 0 Å². The maximum atomic E-state index is 12.6. The number of nitrogens with one attached hydrogen (secondary N) is 2. The zero-order chi connectivity index (χ0) is 22.0. The van der Waals surface area contributed by atoms with Crippen molar-refractivity contribution < 1.29 is 8.42 Å². The summed E-state index contributed by atoms with van der Waals surface area (Å²) >= 11 is 0. The van der Waals surface area contributed by atoms with E-state index in [0.29, 0.717) is 23.0 Å². The van der Waals surface area contributed by atoms with Gasteiger partial charge in [-0.15, -0.1) is 0 Å². The molecule has 0 radical (unpaired) electrons. The van der Waals surface area contributed by atoms with Gasteiger partial charge in [0.15, 0.2) is 0 Å². The molecule has 0 aliphatic carbocycles. The smallest absolute Gasteiger partial charge is 0.261 e. The molecule has 0 amide bonds. The number of pyridine rings is 1. The first-order valence-corrected chi connectivity index (χ1v) is 11.3. The second-order valence-corrected chi connectivity index (χ2v) is 8.64. The Labute approximate surface area is 184 Å². The first-order chi connectivity index (χ1) is 15.6. The average molecular weight is 443 g/mol. The molecule has 0 saturated carbocycles. The molecule has 0 spiro atoms. The van der Waals surface area contributed by atoms with Gasteiger partial charge in [-0.25, -0.2) is 23.4 Å². The number of fused-ring (bicyclic) bond motifs is 1. The Morgan fingerprint density at radius 3 is 2.38 bits per heavy atom. The van der Waals surface area contributed by atoms with E-state index in [2.05, 4.69) is 25.0 Å². The molecule has 0 bridgehead atoms. The molecular weight excluding hydrogens is 424 g/mol. The summed E-state index contributed by atoms with van der Waals surface area (Å²) in [7, 11) is -3.68. The van der Waals surface area contributed by atoms with Crippen LogP contribution in [0.1, 0.15) is 0 Å². The minimum atomic E-state index is -3.68. The topological polar surface area (TPSA) is 101 Å². The Morgan fingerprint density at radius 1 is 0.781 bits per heavy atom. The molecule has 8 nitrogen and oxygen atoms in total. The normalized spacial score (nSPS) is 11.4. The van der Waals surface area contributed by atoms with Crippen molar-refractivity contribution >= 4 is 33.0 Å². The Hall–Kier alpha value is -4.24. The number of hydrogen-bond acceptors (Lipinski definition) is 6. The van der Waals surface area contributed by atoms with Gasteiger partial charge in [0, 0.05) is 23.8 Å². The molecule has 5 aromatic rings. The monoisotopic (exact) mass is 442 g/mol. The largest absolute Gasteiger partial charge is 0.324 e. The van der Waals surface area contributed by atoms with E-state index in [1.807, 2.05) is 40.9 Å². The van der Waals surface area contributed by atoms with Gasteiger partial charge in [-0.1, -0.05) is 24.3 Å². The van der Waals surface area contributed by atoms with Crippen molar-refractivity contribution in [2.75, 3.05) is 10.0 Å². The zero-order valence-corrected chi connectivity index (χ0v) is 17.6. The first kappa shape index (κ1) is 19.7. The van der Waals surface area contributed by atoms with Crippen molar-refractivity contribution in [1.29, 1.82) is 0 Å². The van der Waals surface area contributed by atoms with Gasteiger partial charge >= 0.3 is 0 Å². The summed E-state index contributed by atoms with van der Waals surface area (Å²) in [6.45, 7) is 0. The van der Waals surface area contributed by atoms with Gasteiger partial charge < -0.3 is 5.32 Å². The highest BCUT2D eigenvalue weighted by molar-refractivity contribution is 7.92. The van der Waals surface area contributed by atoms with Crippen molar-refractivity contribution in [3.05, 3.63) is 97.5 Å². The molecule has 3 aromatic heterocycles. The van der Waals surface area contributed by atoms with Crippen molar-refractivity contribution in [2.24, 2.45) is 0 Å². The third-order valence-corrected chi connectivity index (χ3v) is 6.18. The third kappa shape index (κ3) is 4.01. The second-order valence-electron chi connectivity index (χ2n) is 6.96. The number of aromatic nitrogens is 4. The van der Waals surface area contributed by atoms with Gasteiger partial charge in [-0.3, -0.25) is 9.12 Å². The molecule has 0 atom stereocenters. The maximum Gasteiger partial charge on any atom is 0.261 e.